The van der Waals surface area contributed by atoms with E-state index in [1.165, 1.54) is 17.2 Å². The van der Waals surface area contributed by atoms with Gasteiger partial charge in [-0.3, -0.25) is 14.6 Å². The van der Waals surface area contributed by atoms with Gasteiger partial charge in [0.15, 0.2) is 0 Å². The maximum absolute atomic E-state index is 12.2. The van der Waals surface area contributed by atoms with Gasteiger partial charge in [-0.05, 0) is 30.3 Å². The van der Waals surface area contributed by atoms with E-state index >= 15 is 0 Å². The van der Waals surface area contributed by atoms with Gasteiger partial charge >= 0.3 is 0 Å². The number of likely N-dealkylation sites (N-methyl/N-ethyl adjacent to an activating group) is 1. The van der Waals surface area contributed by atoms with E-state index in [1.807, 2.05) is 18.2 Å². The molecule has 2 amide bonds. The first-order chi connectivity index (χ1) is 11.9. The third kappa shape index (κ3) is 5.44. The summed E-state index contributed by atoms with van der Waals surface area (Å²) in [5, 5.41) is 2.95. The molecule has 0 aliphatic carbocycles. The van der Waals surface area contributed by atoms with Crippen LogP contribution >= 0.6 is 27.5 Å². The van der Waals surface area contributed by atoms with Crippen LogP contribution in [0, 0.1) is 0 Å². The predicted octanol–water partition coefficient (Wildman–Crippen LogP) is 2.89. The fourth-order valence-electron chi connectivity index (χ4n) is 2.12. The number of hydrogen-bond acceptors (Lipinski definition) is 4. The summed E-state index contributed by atoms with van der Waals surface area (Å²) in [5.41, 5.74) is 1.02. The van der Waals surface area contributed by atoms with Crippen LogP contribution in [0.15, 0.2) is 41.0 Å². The number of pyridine rings is 1. The highest BCUT2D eigenvalue weighted by atomic mass is 79.9. The SMILES string of the molecule is COc1ccc(Br)cc1CN(C)C(=O)CNC(=O)c1cc(Cl)ccn1. The first-order valence-corrected chi connectivity index (χ1v) is 8.54. The predicted molar refractivity (Wildman–Crippen MR) is 98.7 cm³/mol. The van der Waals surface area contributed by atoms with Crippen LogP contribution in [0.25, 0.3) is 0 Å². The number of ether oxygens (including phenoxy) is 1. The lowest BCUT2D eigenvalue weighted by Gasteiger charge is -2.19. The number of methoxy groups -OCH3 is 1. The van der Waals surface area contributed by atoms with Crippen LogP contribution in [0.4, 0.5) is 0 Å². The molecule has 0 aliphatic rings. The molecule has 0 saturated carbocycles. The average molecular weight is 427 g/mol. The van der Waals surface area contributed by atoms with Gasteiger partial charge in [-0.15, -0.1) is 0 Å². The third-order valence-corrected chi connectivity index (χ3v) is 4.16. The number of nitrogens with one attached hydrogen (secondary N) is 1. The maximum Gasteiger partial charge on any atom is 0.270 e. The minimum atomic E-state index is -0.454. The number of carbonyl (C=O) groups is 2. The molecule has 8 heteroatoms. The van der Waals surface area contributed by atoms with E-state index < -0.39 is 5.91 Å². The largest absolute Gasteiger partial charge is 0.496 e. The van der Waals surface area contributed by atoms with Gasteiger partial charge in [-0.2, -0.15) is 0 Å². The Morgan fingerprint density at radius 2 is 2.08 bits per heavy atom. The van der Waals surface area contributed by atoms with Crippen molar-refractivity contribution in [1.29, 1.82) is 0 Å². The standard InChI is InChI=1S/C17H17BrClN3O3/c1-22(10-11-7-12(18)3-4-15(11)25-2)16(23)9-21-17(24)14-8-13(19)5-6-20-14/h3-8H,9-10H2,1-2H3,(H,21,24). The van der Waals surface area contributed by atoms with Gasteiger partial charge < -0.3 is 15.0 Å². The quantitative estimate of drug-likeness (QED) is 0.771. The Morgan fingerprint density at radius 3 is 2.76 bits per heavy atom. The molecule has 0 aliphatic heterocycles. The lowest BCUT2D eigenvalue weighted by atomic mass is 10.2. The minimum absolute atomic E-state index is 0.139. The number of halogens is 2. The lowest BCUT2D eigenvalue weighted by molar-refractivity contribution is -0.129. The van der Waals surface area contributed by atoms with Gasteiger partial charge in [-0.25, -0.2) is 0 Å². The first kappa shape index (κ1) is 19.2. The molecule has 1 aromatic heterocycles. The van der Waals surface area contributed by atoms with Crippen molar-refractivity contribution >= 4 is 39.3 Å². The fourth-order valence-corrected chi connectivity index (χ4v) is 2.69. The van der Waals surface area contributed by atoms with Crippen LogP contribution in [0.2, 0.25) is 5.02 Å². The second-order valence-corrected chi connectivity index (χ2v) is 6.60. The van der Waals surface area contributed by atoms with Crippen molar-refractivity contribution in [1.82, 2.24) is 15.2 Å². The van der Waals surface area contributed by atoms with Crippen molar-refractivity contribution in [2.24, 2.45) is 0 Å². The number of rotatable bonds is 6. The van der Waals surface area contributed by atoms with Crippen molar-refractivity contribution < 1.29 is 14.3 Å². The zero-order valence-electron chi connectivity index (χ0n) is 13.8. The second-order valence-electron chi connectivity index (χ2n) is 5.25. The summed E-state index contributed by atoms with van der Waals surface area (Å²) in [6.45, 7) is 0.215. The highest BCUT2D eigenvalue weighted by Crippen LogP contribution is 2.24. The Morgan fingerprint density at radius 1 is 1.32 bits per heavy atom. The van der Waals surface area contributed by atoms with Crippen molar-refractivity contribution in [2.45, 2.75) is 6.54 Å². The molecule has 1 heterocycles. The molecule has 0 fully saturated rings. The van der Waals surface area contributed by atoms with E-state index in [4.69, 9.17) is 16.3 Å². The molecule has 6 nitrogen and oxygen atoms in total. The number of amides is 2. The third-order valence-electron chi connectivity index (χ3n) is 3.43. The van der Waals surface area contributed by atoms with E-state index in [0.29, 0.717) is 17.3 Å². The van der Waals surface area contributed by atoms with E-state index in [-0.39, 0.29) is 18.1 Å². The molecule has 0 unspecified atom stereocenters. The lowest BCUT2D eigenvalue weighted by Crippen LogP contribution is -2.38. The summed E-state index contributed by atoms with van der Waals surface area (Å²) in [7, 11) is 3.24. The van der Waals surface area contributed by atoms with Gasteiger partial charge in [0.25, 0.3) is 5.91 Å². The Hall–Kier alpha value is -2.12. The summed E-state index contributed by atoms with van der Waals surface area (Å²) in [5.74, 6) is -0.00305. The van der Waals surface area contributed by atoms with Crippen molar-refractivity contribution in [3.63, 3.8) is 0 Å². The van der Waals surface area contributed by atoms with E-state index in [9.17, 15) is 9.59 Å². The number of aromatic nitrogens is 1. The summed E-state index contributed by atoms with van der Waals surface area (Å²) in [6.07, 6.45) is 1.44. The molecular formula is C17H17BrClN3O3. The van der Waals surface area contributed by atoms with Crippen molar-refractivity contribution in [3.05, 3.63) is 57.3 Å². The maximum atomic E-state index is 12.2. The Bertz CT molecular complexity index is 785. The number of benzene rings is 1. The first-order valence-electron chi connectivity index (χ1n) is 7.37. The van der Waals surface area contributed by atoms with Gasteiger partial charge in [0.1, 0.15) is 11.4 Å². The van der Waals surface area contributed by atoms with Crippen LogP contribution in [0.3, 0.4) is 0 Å². The molecule has 0 radical (unpaired) electrons. The number of carbonyl (C=O) groups excluding carboxylic acids is 2. The molecule has 132 valence electrons. The highest BCUT2D eigenvalue weighted by Gasteiger charge is 2.15. The van der Waals surface area contributed by atoms with Crippen LogP contribution in [0.5, 0.6) is 5.75 Å². The summed E-state index contributed by atoms with van der Waals surface area (Å²) < 4.78 is 6.19. The molecular weight excluding hydrogens is 410 g/mol. The van der Waals surface area contributed by atoms with Gasteiger partial charge in [0.2, 0.25) is 5.91 Å². The molecule has 2 aromatic rings. The summed E-state index contributed by atoms with van der Waals surface area (Å²) >= 11 is 9.22. The Kier molecular flexibility index (Phi) is 6.78. The zero-order chi connectivity index (χ0) is 18.4. The van der Waals surface area contributed by atoms with Gasteiger partial charge in [-0.1, -0.05) is 27.5 Å². The molecule has 0 spiro atoms. The highest BCUT2D eigenvalue weighted by molar-refractivity contribution is 9.10. The molecule has 1 aromatic carbocycles. The molecule has 0 saturated heterocycles. The number of nitrogens with zero attached hydrogens (tertiary/aromatic N) is 2. The average Bonchev–Trinajstić information content (AvgIpc) is 2.59. The van der Waals surface area contributed by atoms with E-state index in [2.05, 4.69) is 26.2 Å². The van der Waals surface area contributed by atoms with Gasteiger partial charge in [0.05, 0.1) is 13.7 Å². The normalized spacial score (nSPS) is 10.2. The van der Waals surface area contributed by atoms with Crippen LogP contribution in [-0.4, -0.2) is 42.4 Å². The molecule has 2 rings (SSSR count). The van der Waals surface area contributed by atoms with Crippen molar-refractivity contribution in [2.75, 3.05) is 20.7 Å². The van der Waals surface area contributed by atoms with Crippen molar-refractivity contribution in [3.8, 4) is 5.75 Å². The fraction of sp³-hybridized carbons (Fsp3) is 0.235. The molecule has 0 bridgehead atoms. The second kappa shape index (κ2) is 8.82. The minimum Gasteiger partial charge on any atom is -0.496 e. The monoisotopic (exact) mass is 425 g/mol. The van der Waals surface area contributed by atoms with Crippen LogP contribution in [-0.2, 0) is 11.3 Å². The Labute approximate surface area is 159 Å². The van der Waals surface area contributed by atoms with Gasteiger partial charge in [0, 0.05) is 34.8 Å². The zero-order valence-corrected chi connectivity index (χ0v) is 16.1. The topological polar surface area (TPSA) is 71.5 Å². The molecule has 25 heavy (non-hydrogen) atoms. The van der Waals surface area contributed by atoms with E-state index in [0.717, 1.165) is 10.0 Å². The summed E-state index contributed by atoms with van der Waals surface area (Å²) in [6, 6.07) is 8.59. The Balaban J connectivity index is 1.94. The number of hydrogen-bond donors (Lipinski definition) is 1. The smallest absolute Gasteiger partial charge is 0.270 e. The van der Waals surface area contributed by atoms with Crippen LogP contribution in [0.1, 0.15) is 16.1 Å². The summed E-state index contributed by atoms with van der Waals surface area (Å²) in [4.78, 5) is 29.7. The van der Waals surface area contributed by atoms with E-state index in [1.54, 1.807) is 20.2 Å². The molecule has 1 N–H and O–H groups in total. The van der Waals surface area contributed by atoms with Crippen LogP contribution < -0.4 is 10.1 Å². The molecule has 0 atom stereocenters.